The lowest BCUT2D eigenvalue weighted by atomic mass is 10.1. The first-order valence-corrected chi connectivity index (χ1v) is 11.3. The topological polar surface area (TPSA) is 134 Å². The quantitative estimate of drug-likeness (QED) is 0.332. The predicted octanol–water partition coefficient (Wildman–Crippen LogP) is 1.78. The van der Waals surface area contributed by atoms with Gasteiger partial charge in [-0.05, 0) is 18.1 Å². The number of carbonyl (C=O) groups is 1. The molecule has 2 aromatic carbocycles. The Morgan fingerprint density at radius 1 is 1.06 bits per heavy atom. The van der Waals surface area contributed by atoms with Gasteiger partial charge in [0.2, 0.25) is 0 Å². The Hall–Kier alpha value is -3.86. The van der Waals surface area contributed by atoms with E-state index in [1.807, 2.05) is 61.5 Å². The highest BCUT2D eigenvalue weighted by atomic mass is 16.6. The highest BCUT2D eigenvalue weighted by Crippen LogP contribution is 2.34. The highest BCUT2D eigenvalue weighted by Gasteiger charge is 2.47. The van der Waals surface area contributed by atoms with Crippen molar-refractivity contribution in [1.82, 2.24) is 24.8 Å². The molecule has 0 radical (unpaired) electrons. The van der Waals surface area contributed by atoms with Crippen LogP contribution in [-0.4, -0.2) is 61.0 Å². The molecule has 2 aromatic heterocycles. The molecule has 4 aromatic rings. The van der Waals surface area contributed by atoms with Gasteiger partial charge in [-0.3, -0.25) is 9.36 Å². The zero-order valence-electron chi connectivity index (χ0n) is 19.3. The van der Waals surface area contributed by atoms with Crippen molar-refractivity contribution in [3.8, 4) is 11.4 Å². The molecule has 0 aliphatic carbocycles. The molecule has 3 heterocycles. The van der Waals surface area contributed by atoms with Gasteiger partial charge in [0, 0.05) is 19.2 Å². The monoisotopic (exact) mass is 474 g/mol. The molecule has 1 aliphatic rings. The normalized spacial score (nSPS) is 21.8. The zero-order chi connectivity index (χ0) is 24.5. The van der Waals surface area contributed by atoms with E-state index >= 15 is 0 Å². The predicted molar refractivity (Wildman–Crippen MR) is 129 cm³/mol. The van der Waals surface area contributed by atoms with Gasteiger partial charge in [0.25, 0.3) is 5.91 Å². The minimum absolute atomic E-state index is 0.405. The number of nitrogens with one attached hydrogen (secondary N) is 2. The van der Waals surface area contributed by atoms with E-state index in [9.17, 15) is 15.0 Å². The van der Waals surface area contributed by atoms with Crippen molar-refractivity contribution in [3.63, 3.8) is 0 Å². The number of amides is 1. The molecule has 4 atom stereocenters. The molecule has 5 rings (SSSR count). The molecule has 1 fully saturated rings. The molecule has 10 heteroatoms. The molecule has 0 saturated carbocycles. The van der Waals surface area contributed by atoms with Crippen molar-refractivity contribution < 1.29 is 19.7 Å². The van der Waals surface area contributed by atoms with E-state index in [2.05, 4.69) is 15.6 Å². The summed E-state index contributed by atoms with van der Waals surface area (Å²) in [6.45, 7) is 2.50. The number of aromatic nitrogens is 4. The molecule has 0 bridgehead atoms. The maximum atomic E-state index is 12.1. The molecule has 10 nitrogen and oxygen atoms in total. The summed E-state index contributed by atoms with van der Waals surface area (Å²) in [4.78, 5) is 26.1. The maximum Gasteiger partial charge on any atom is 0.251 e. The first kappa shape index (κ1) is 22.9. The summed E-state index contributed by atoms with van der Waals surface area (Å²) in [6.07, 6.45) is -3.55. The number of imidazole rings is 1. The fourth-order valence-corrected chi connectivity index (χ4v) is 4.20. The van der Waals surface area contributed by atoms with Gasteiger partial charge in [-0.15, -0.1) is 0 Å². The number of aryl methyl sites for hydroxylation is 1. The zero-order valence-corrected chi connectivity index (χ0v) is 19.3. The van der Waals surface area contributed by atoms with Gasteiger partial charge in [-0.2, -0.15) is 0 Å². The fraction of sp³-hybridized carbons (Fsp3) is 0.280. The molecular formula is C25H26N6O4. The van der Waals surface area contributed by atoms with Gasteiger partial charge in [0.05, 0.1) is 6.33 Å². The van der Waals surface area contributed by atoms with Crippen LogP contribution < -0.4 is 10.6 Å². The number of fused-ring (bicyclic) bond motifs is 1. The summed E-state index contributed by atoms with van der Waals surface area (Å²) >= 11 is 0. The van der Waals surface area contributed by atoms with Crippen LogP contribution >= 0.6 is 0 Å². The number of likely N-dealkylation sites (N-methyl/N-ethyl adjacent to an activating group) is 1. The molecule has 4 unspecified atom stereocenters. The van der Waals surface area contributed by atoms with E-state index in [-0.39, 0.29) is 0 Å². The van der Waals surface area contributed by atoms with Crippen LogP contribution in [0.15, 0.2) is 60.9 Å². The van der Waals surface area contributed by atoms with Gasteiger partial charge in [0.1, 0.15) is 12.2 Å². The van der Waals surface area contributed by atoms with E-state index in [0.717, 1.165) is 16.7 Å². The third-order valence-corrected chi connectivity index (χ3v) is 6.13. The molecule has 180 valence electrons. The van der Waals surface area contributed by atoms with E-state index in [4.69, 9.17) is 14.7 Å². The first-order chi connectivity index (χ1) is 17.0. The van der Waals surface area contributed by atoms with Crippen molar-refractivity contribution in [3.05, 3.63) is 72.1 Å². The smallest absolute Gasteiger partial charge is 0.251 e. The molecule has 35 heavy (non-hydrogen) atoms. The van der Waals surface area contributed by atoms with Crippen molar-refractivity contribution in [1.29, 1.82) is 0 Å². The van der Waals surface area contributed by atoms with Gasteiger partial charge in [-0.1, -0.05) is 54.6 Å². The average molecular weight is 475 g/mol. The molecular weight excluding hydrogens is 448 g/mol. The fourth-order valence-electron chi connectivity index (χ4n) is 4.20. The van der Waals surface area contributed by atoms with E-state index < -0.39 is 30.4 Å². The number of hydrogen-bond donors (Lipinski definition) is 4. The lowest BCUT2D eigenvalue weighted by Crippen LogP contribution is -2.41. The standard InChI is InChI=1S/C25H26N6O4/c1-14-8-6-7-11-16(14)21-29-22(27-12-15-9-4-3-5-10-15)17-23(30-21)31(13-28-17)25-19(33)18(32)20(35-25)24(34)26-2/h3-11,13,18-20,25,32-33H,12H2,1-2H3,(H,26,34)(H,27,29,30). The third kappa shape index (κ3) is 4.23. The first-order valence-electron chi connectivity index (χ1n) is 11.3. The van der Waals surface area contributed by atoms with Gasteiger partial charge in [-0.25, -0.2) is 15.0 Å². The minimum Gasteiger partial charge on any atom is -0.387 e. The number of rotatable bonds is 6. The second-order valence-corrected chi connectivity index (χ2v) is 8.42. The Labute approximate surface area is 201 Å². The van der Waals surface area contributed by atoms with Gasteiger partial charge in [0.15, 0.2) is 35.1 Å². The lowest BCUT2D eigenvalue weighted by Gasteiger charge is -2.17. The molecule has 1 aliphatic heterocycles. The lowest BCUT2D eigenvalue weighted by molar-refractivity contribution is -0.137. The number of carbonyl (C=O) groups excluding carboxylic acids is 1. The van der Waals surface area contributed by atoms with Crippen LogP contribution in [0, 0.1) is 6.92 Å². The number of benzene rings is 2. The number of aliphatic hydroxyl groups is 2. The van der Waals surface area contributed by atoms with E-state index in [0.29, 0.717) is 29.4 Å². The molecule has 1 amide bonds. The number of nitrogens with zero attached hydrogens (tertiary/aromatic N) is 4. The Balaban J connectivity index is 1.59. The molecule has 4 N–H and O–H groups in total. The van der Waals surface area contributed by atoms with Crippen LogP contribution in [0.3, 0.4) is 0 Å². The number of ether oxygens (including phenoxy) is 1. The number of anilines is 1. The van der Waals surface area contributed by atoms with Crippen molar-refractivity contribution in [2.24, 2.45) is 0 Å². The van der Waals surface area contributed by atoms with Crippen LogP contribution in [0.2, 0.25) is 0 Å². The summed E-state index contributed by atoms with van der Waals surface area (Å²) in [5.41, 5.74) is 3.80. The Bertz CT molecular complexity index is 1360. The summed E-state index contributed by atoms with van der Waals surface area (Å²) in [7, 11) is 1.44. The molecule has 0 spiro atoms. The SMILES string of the molecule is CNC(=O)C1OC(n2cnc3c(NCc4ccccc4)nc(-c4ccccc4C)nc32)C(O)C1O. The van der Waals surface area contributed by atoms with Crippen molar-refractivity contribution in [2.75, 3.05) is 12.4 Å². The van der Waals surface area contributed by atoms with E-state index in [1.54, 1.807) is 0 Å². The number of hydrogen-bond acceptors (Lipinski definition) is 8. The van der Waals surface area contributed by atoms with Crippen molar-refractivity contribution >= 4 is 22.9 Å². The third-order valence-electron chi connectivity index (χ3n) is 6.13. The average Bonchev–Trinajstić information content (AvgIpc) is 3.43. The summed E-state index contributed by atoms with van der Waals surface area (Å²) < 4.78 is 7.29. The Kier molecular flexibility index (Phi) is 6.16. The summed E-state index contributed by atoms with van der Waals surface area (Å²) in [6, 6.07) is 17.7. The van der Waals surface area contributed by atoms with Gasteiger partial charge >= 0.3 is 0 Å². The molecule has 1 saturated heterocycles. The van der Waals surface area contributed by atoms with Crippen LogP contribution in [0.25, 0.3) is 22.6 Å². The Morgan fingerprint density at radius 2 is 1.80 bits per heavy atom. The largest absolute Gasteiger partial charge is 0.387 e. The second-order valence-electron chi connectivity index (χ2n) is 8.42. The van der Waals surface area contributed by atoms with Crippen LogP contribution in [0.5, 0.6) is 0 Å². The summed E-state index contributed by atoms with van der Waals surface area (Å²) in [5.74, 6) is 0.472. The van der Waals surface area contributed by atoms with Crippen LogP contribution in [-0.2, 0) is 16.1 Å². The van der Waals surface area contributed by atoms with Crippen LogP contribution in [0.1, 0.15) is 17.4 Å². The second kappa shape index (κ2) is 9.41. The van der Waals surface area contributed by atoms with Gasteiger partial charge < -0.3 is 25.6 Å². The van der Waals surface area contributed by atoms with Crippen LogP contribution in [0.4, 0.5) is 5.82 Å². The maximum absolute atomic E-state index is 12.1. The number of aliphatic hydroxyl groups excluding tert-OH is 2. The summed E-state index contributed by atoms with van der Waals surface area (Å²) in [5, 5.41) is 26.9. The highest BCUT2D eigenvalue weighted by molar-refractivity contribution is 5.86. The van der Waals surface area contributed by atoms with E-state index in [1.165, 1.54) is 17.9 Å². The minimum atomic E-state index is -1.40. The van der Waals surface area contributed by atoms with Crippen molar-refractivity contribution in [2.45, 2.75) is 38.0 Å². The Morgan fingerprint density at radius 3 is 2.54 bits per heavy atom.